The van der Waals surface area contributed by atoms with Crippen LogP contribution in [0, 0.1) is 0 Å². The molecule has 1 aliphatic rings. The first-order valence-corrected chi connectivity index (χ1v) is 11.6. The van der Waals surface area contributed by atoms with E-state index in [0.29, 0.717) is 28.8 Å². The highest BCUT2D eigenvalue weighted by Crippen LogP contribution is 2.38. The van der Waals surface area contributed by atoms with Crippen LogP contribution in [0.2, 0.25) is 0 Å². The lowest BCUT2D eigenvalue weighted by molar-refractivity contribution is 0.101. The smallest absolute Gasteiger partial charge is 0.210 e. The Labute approximate surface area is 200 Å². The summed E-state index contributed by atoms with van der Waals surface area (Å²) in [6, 6.07) is 26.9. The van der Waals surface area contributed by atoms with Crippen LogP contribution in [-0.4, -0.2) is 22.5 Å². The third-order valence-electron chi connectivity index (χ3n) is 5.98. The molecule has 0 N–H and O–H groups in total. The Kier molecular flexibility index (Phi) is 5.65. The van der Waals surface area contributed by atoms with Gasteiger partial charge in [-0.1, -0.05) is 76.6 Å². The number of ketones is 2. The number of Topliss-reactive ketones (excluding diaryl/α,β-unsaturated/α-hetero) is 1. The van der Waals surface area contributed by atoms with Crippen molar-refractivity contribution in [2.24, 2.45) is 4.99 Å². The zero-order chi connectivity index (χ0) is 22.9. The van der Waals surface area contributed by atoms with Crippen LogP contribution in [0.1, 0.15) is 50.6 Å². The molecule has 33 heavy (non-hydrogen) atoms. The summed E-state index contributed by atoms with van der Waals surface area (Å²) in [4.78, 5) is 31.6. The number of aliphatic imine (C=N–C) groups is 1. The maximum atomic E-state index is 13.8. The van der Waals surface area contributed by atoms with E-state index in [0.717, 1.165) is 21.3 Å². The molecule has 0 saturated carbocycles. The van der Waals surface area contributed by atoms with Gasteiger partial charge < -0.3 is 4.57 Å². The second kappa shape index (κ2) is 8.75. The predicted molar refractivity (Wildman–Crippen MR) is 134 cm³/mol. The van der Waals surface area contributed by atoms with Gasteiger partial charge in [-0.05, 0) is 42.3 Å². The Balaban J connectivity index is 1.75. The molecule has 0 spiro atoms. The lowest BCUT2D eigenvalue weighted by Crippen LogP contribution is -2.19. The molecule has 1 unspecified atom stereocenters. The number of nitrogens with zero attached hydrogens (tertiary/aromatic N) is 2. The Bertz CT molecular complexity index is 1370. The van der Waals surface area contributed by atoms with Gasteiger partial charge in [-0.25, -0.2) is 0 Å². The monoisotopic (exact) mass is 496 g/mol. The first-order valence-electron chi connectivity index (χ1n) is 10.8. The molecule has 1 aromatic heterocycles. The lowest BCUT2D eigenvalue weighted by atomic mass is 9.93. The normalized spacial score (nSPS) is 14.7. The maximum absolute atomic E-state index is 13.8. The van der Waals surface area contributed by atoms with Crippen LogP contribution < -0.4 is 0 Å². The summed E-state index contributed by atoms with van der Waals surface area (Å²) in [5.74, 6) is -0.200. The molecular formula is C28H21BrN2O2. The minimum absolute atomic E-state index is 0.0606. The van der Waals surface area contributed by atoms with Gasteiger partial charge in [-0.2, -0.15) is 0 Å². The topological polar surface area (TPSA) is 51.4 Å². The van der Waals surface area contributed by atoms with Gasteiger partial charge in [0.1, 0.15) is 5.69 Å². The molecule has 4 aromatic rings. The fourth-order valence-electron chi connectivity index (χ4n) is 4.45. The summed E-state index contributed by atoms with van der Waals surface area (Å²) in [5.41, 5.74) is 5.04. The molecule has 2 heterocycles. The molecule has 0 fully saturated rings. The summed E-state index contributed by atoms with van der Waals surface area (Å²) in [6.07, 6.45) is 2.25. The summed E-state index contributed by atoms with van der Waals surface area (Å²) in [7, 11) is 0. The Morgan fingerprint density at radius 1 is 0.909 bits per heavy atom. The lowest BCUT2D eigenvalue weighted by Gasteiger charge is -2.20. The van der Waals surface area contributed by atoms with Crippen LogP contribution in [0.25, 0.3) is 11.1 Å². The minimum atomic E-state index is -0.139. The molecule has 4 nitrogen and oxygen atoms in total. The first-order chi connectivity index (χ1) is 16.0. The molecule has 0 aliphatic carbocycles. The first kappa shape index (κ1) is 21.3. The zero-order valence-electron chi connectivity index (χ0n) is 18.0. The van der Waals surface area contributed by atoms with Gasteiger partial charge in [-0.15, -0.1) is 0 Å². The van der Waals surface area contributed by atoms with Gasteiger partial charge in [0.15, 0.2) is 5.78 Å². The number of fused-ring (bicyclic) bond motifs is 1. The van der Waals surface area contributed by atoms with E-state index in [1.807, 2.05) is 77.4 Å². The second-order valence-electron chi connectivity index (χ2n) is 8.07. The van der Waals surface area contributed by atoms with Crippen molar-refractivity contribution < 1.29 is 9.59 Å². The SMILES string of the molecule is CC(=O)c1c(-c2ccccc2)c(C(=O)c2ccc(Br)cc2)n2c1CC(c1ccccc1)N=C2. The van der Waals surface area contributed by atoms with Crippen molar-refractivity contribution in [1.29, 1.82) is 0 Å². The van der Waals surface area contributed by atoms with Gasteiger partial charge in [0, 0.05) is 33.3 Å². The number of aromatic nitrogens is 1. The maximum Gasteiger partial charge on any atom is 0.210 e. The van der Waals surface area contributed by atoms with Gasteiger partial charge in [0.05, 0.1) is 12.4 Å². The van der Waals surface area contributed by atoms with E-state index >= 15 is 0 Å². The van der Waals surface area contributed by atoms with Gasteiger partial charge in [0.25, 0.3) is 0 Å². The number of carbonyl (C=O) groups excluding carboxylic acids is 2. The second-order valence-corrected chi connectivity index (χ2v) is 8.98. The average molecular weight is 497 g/mol. The summed E-state index contributed by atoms with van der Waals surface area (Å²) < 4.78 is 2.72. The van der Waals surface area contributed by atoms with Gasteiger partial charge in [-0.3, -0.25) is 14.6 Å². The standard InChI is InChI=1S/C28H21BrN2O2/c1-18(32)25-24-16-23(19-8-4-2-5-9-19)30-17-31(24)27(26(25)20-10-6-3-7-11-20)28(33)21-12-14-22(29)15-13-21/h2-15,17,23H,16H2,1H3. The summed E-state index contributed by atoms with van der Waals surface area (Å²) in [6.45, 7) is 1.57. The van der Waals surface area contributed by atoms with Crippen LogP contribution in [-0.2, 0) is 6.42 Å². The highest BCUT2D eigenvalue weighted by molar-refractivity contribution is 9.10. The van der Waals surface area contributed by atoms with E-state index in [4.69, 9.17) is 4.99 Å². The number of carbonyl (C=O) groups is 2. The Hall–Kier alpha value is -3.57. The van der Waals surface area contributed by atoms with E-state index in [9.17, 15) is 9.59 Å². The fraction of sp³-hybridized carbons (Fsp3) is 0.107. The number of rotatable bonds is 5. The molecule has 0 amide bonds. The molecule has 5 rings (SSSR count). The molecule has 1 aliphatic heterocycles. The third-order valence-corrected chi connectivity index (χ3v) is 6.50. The minimum Gasteiger partial charge on any atom is -0.300 e. The molecular weight excluding hydrogens is 476 g/mol. The molecule has 0 bridgehead atoms. The van der Waals surface area contributed by atoms with Crippen LogP contribution in [0.4, 0.5) is 0 Å². The van der Waals surface area contributed by atoms with Crippen molar-refractivity contribution in [3.05, 3.63) is 117 Å². The van der Waals surface area contributed by atoms with Gasteiger partial charge in [0.2, 0.25) is 5.78 Å². The van der Waals surface area contributed by atoms with Crippen LogP contribution in [0.3, 0.4) is 0 Å². The third kappa shape index (κ3) is 3.89. The fourth-order valence-corrected chi connectivity index (χ4v) is 4.72. The van der Waals surface area contributed by atoms with Crippen molar-refractivity contribution in [2.45, 2.75) is 19.4 Å². The number of benzene rings is 3. The van der Waals surface area contributed by atoms with Crippen molar-refractivity contribution >= 4 is 33.8 Å². The van der Waals surface area contributed by atoms with E-state index in [-0.39, 0.29) is 17.6 Å². The van der Waals surface area contributed by atoms with Crippen LogP contribution >= 0.6 is 15.9 Å². The highest BCUT2D eigenvalue weighted by Gasteiger charge is 2.33. The van der Waals surface area contributed by atoms with E-state index in [1.165, 1.54) is 0 Å². The van der Waals surface area contributed by atoms with E-state index < -0.39 is 0 Å². The average Bonchev–Trinajstić information content (AvgIpc) is 3.20. The van der Waals surface area contributed by atoms with Crippen LogP contribution in [0.15, 0.2) is 94.4 Å². The molecule has 0 radical (unpaired) electrons. The van der Waals surface area contributed by atoms with E-state index in [1.54, 1.807) is 25.4 Å². The largest absolute Gasteiger partial charge is 0.300 e. The molecule has 1 atom stereocenters. The van der Waals surface area contributed by atoms with Gasteiger partial charge >= 0.3 is 0 Å². The number of hydrogen-bond donors (Lipinski definition) is 0. The van der Waals surface area contributed by atoms with E-state index in [2.05, 4.69) is 15.9 Å². The van der Waals surface area contributed by atoms with Crippen molar-refractivity contribution in [3.8, 4) is 11.1 Å². The Morgan fingerprint density at radius 3 is 2.18 bits per heavy atom. The number of hydrogen-bond acceptors (Lipinski definition) is 3. The summed E-state index contributed by atoms with van der Waals surface area (Å²) >= 11 is 3.43. The molecule has 5 heteroatoms. The highest BCUT2D eigenvalue weighted by atomic mass is 79.9. The summed E-state index contributed by atoms with van der Waals surface area (Å²) in [5, 5.41) is 0. The molecule has 162 valence electrons. The predicted octanol–water partition coefficient (Wildman–Crippen LogP) is 6.53. The van der Waals surface area contributed by atoms with Crippen molar-refractivity contribution in [2.75, 3.05) is 0 Å². The Morgan fingerprint density at radius 2 is 1.55 bits per heavy atom. The quantitative estimate of drug-likeness (QED) is 0.295. The molecule has 3 aromatic carbocycles. The van der Waals surface area contributed by atoms with Crippen molar-refractivity contribution in [1.82, 2.24) is 4.57 Å². The zero-order valence-corrected chi connectivity index (χ0v) is 19.6. The molecule has 0 saturated heterocycles. The van der Waals surface area contributed by atoms with Crippen molar-refractivity contribution in [3.63, 3.8) is 0 Å². The number of halogens is 1. The van der Waals surface area contributed by atoms with Crippen LogP contribution in [0.5, 0.6) is 0 Å².